The summed E-state index contributed by atoms with van der Waals surface area (Å²) < 4.78 is 5.36. The van der Waals surface area contributed by atoms with E-state index in [1.54, 1.807) is 18.2 Å². The van der Waals surface area contributed by atoms with Gasteiger partial charge in [-0.2, -0.15) is 0 Å². The van der Waals surface area contributed by atoms with E-state index in [9.17, 15) is 29.3 Å². The first kappa shape index (κ1) is 25.0. The lowest BCUT2D eigenvalue weighted by molar-refractivity contribution is -0.384. The van der Waals surface area contributed by atoms with Crippen molar-refractivity contribution >= 4 is 58.9 Å². The van der Waals surface area contributed by atoms with Crippen molar-refractivity contribution < 1.29 is 28.8 Å². The Bertz CT molecular complexity index is 1500. The third-order valence-corrected chi connectivity index (χ3v) is 5.36. The molecule has 1 N–H and O–H groups in total. The molecule has 0 aliphatic carbocycles. The molecule has 0 aromatic heterocycles. The van der Waals surface area contributed by atoms with E-state index in [-0.39, 0.29) is 28.3 Å². The number of nitrogens with one attached hydrogen (secondary N) is 1. The largest absolute Gasteiger partial charge is 0.423 e. The number of imide groups is 2. The van der Waals surface area contributed by atoms with E-state index < -0.39 is 28.7 Å². The smallest absolute Gasteiger partial charge is 0.336 e. The van der Waals surface area contributed by atoms with Crippen LogP contribution in [0.15, 0.2) is 84.4 Å². The van der Waals surface area contributed by atoms with Crippen molar-refractivity contribution in [2.75, 3.05) is 4.90 Å². The molecule has 0 saturated carbocycles. The van der Waals surface area contributed by atoms with Crippen molar-refractivity contribution in [2.24, 2.45) is 0 Å². The van der Waals surface area contributed by atoms with Crippen molar-refractivity contribution in [3.63, 3.8) is 0 Å². The molecule has 4 rings (SSSR count). The summed E-state index contributed by atoms with van der Waals surface area (Å²) in [5.74, 6) is -2.54. The summed E-state index contributed by atoms with van der Waals surface area (Å²) in [5.41, 5.74) is 0.358. The van der Waals surface area contributed by atoms with Crippen LogP contribution in [0.5, 0.6) is 5.75 Å². The first-order chi connectivity index (χ1) is 17.7. The molecule has 0 radical (unpaired) electrons. The number of carbonyl (C=O) groups excluding carboxylic acids is 4. The van der Waals surface area contributed by atoms with Crippen LogP contribution >= 0.6 is 11.6 Å². The van der Waals surface area contributed by atoms with Crippen LogP contribution in [0.2, 0.25) is 5.02 Å². The molecule has 1 fully saturated rings. The van der Waals surface area contributed by atoms with Gasteiger partial charge >= 0.3 is 12.0 Å². The SMILES string of the molecule is O=C(/C=C/c1cccc([N+](=O)[O-])c1)Oc1ccccc1/C=C1/C(=O)NC(=O)N(c2ccc(Cl)cc2)C1=O. The number of hydrogen-bond acceptors (Lipinski definition) is 7. The van der Waals surface area contributed by atoms with Crippen LogP contribution in [-0.4, -0.2) is 28.7 Å². The van der Waals surface area contributed by atoms with E-state index in [0.29, 0.717) is 10.6 Å². The lowest BCUT2D eigenvalue weighted by Crippen LogP contribution is -2.54. The Hall–Kier alpha value is -5.09. The second-order valence-corrected chi connectivity index (χ2v) is 8.02. The molecule has 3 aromatic carbocycles. The number of non-ortho nitro benzene ring substituents is 1. The number of hydrogen-bond donors (Lipinski definition) is 1. The van der Waals surface area contributed by atoms with E-state index in [1.165, 1.54) is 66.7 Å². The summed E-state index contributed by atoms with van der Waals surface area (Å²) >= 11 is 5.88. The maximum Gasteiger partial charge on any atom is 0.336 e. The fourth-order valence-electron chi connectivity index (χ4n) is 3.38. The number of rotatable bonds is 6. The number of carbonyl (C=O) groups is 4. The highest BCUT2D eigenvalue weighted by atomic mass is 35.5. The van der Waals surface area contributed by atoms with E-state index >= 15 is 0 Å². The molecule has 10 nitrogen and oxygen atoms in total. The number of benzene rings is 3. The number of amides is 4. The molecule has 0 bridgehead atoms. The first-order valence-electron chi connectivity index (χ1n) is 10.6. The van der Waals surface area contributed by atoms with Gasteiger partial charge < -0.3 is 4.74 Å². The predicted octanol–water partition coefficient (Wildman–Crippen LogP) is 4.53. The van der Waals surface area contributed by atoms with Gasteiger partial charge in [0.05, 0.1) is 10.6 Å². The highest BCUT2D eigenvalue weighted by Crippen LogP contribution is 2.26. The van der Waals surface area contributed by atoms with Crippen molar-refractivity contribution in [3.05, 3.63) is 111 Å². The molecule has 3 aromatic rings. The highest BCUT2D eigenvalue weighted by molar-refractivity contribution is 6.39. The Labute approximate surface area is 214 Å². The second-order valence-electron chi connectivity index (χ2n) is 7.58. The first-order valence-corrected chi connectivity index (χ1v) is 11.0. The summed E-state index contributed by atoms with van der Waals surface area (Å²) in [4.78, 5) is 61.5. The Morgan fingerprint density at radius 2 is 1.73 bits per heavy atom. The van der Waals surface area contributed by atoms with Crippen molar-refractivity contribution in [1.82, 2.24) is 5.32 Å². The van der Waals surface area contributed by atoms with E-state index in [4.69, 9.17) is 16.3 Å². The summed E-state index contributed by atoms with van der Waals surface area (Å²) in [6.07, 6.45) is 3.65. The van der Waals surface area contributed by atoms with Crippen LogP contribution in [0.1, 0.15) is 11.1 Å². The number of halogens is 1. The zero-order valence-electron chi connectivity index (χ0n) is 18.8. The number of para-hydroxylation sites is 1. The van der Waals surface area contributed by atoms with E-state index in [2.05, 4.69) is 5.32 Å². The second kappa shape index (κ2) is 10.7. The number of nitro groups is 1. The Balaban J connectivity index is 1.58. The molecule has 0 spiro atoms. The third kappa shape index (κ3) is 5.77. The van der Waals surface area contributed by atoms with Gasteiger partial charge in [0.2, 0.25) is 0 Å². The van der Waals surface area contributed by atoms with Gasteiger partial charge in [-0.15, -0.1) is 0 Å². The van der Waals surface area contributed by atoms with Gasteiger partial charge in [-0.3, -0.25) is 25.0 Å². The molecule has 0 unspecified atom stereocenters. The number of nitro benzene ring substituents is 1. The monoisotopic (exact) mass is 517 g/mol. The number of esters is 1. The molecular formula is C26H16ClN3O7. The number of urea groups is 1. The van der Waals surface area contributed by atoms with Gasteiger partial charge in [0.15, 0.2) is 0 Å². The van der Waals surface area contributed by atoms with Crippen molar-refractivity contribution in [2.45, 2.75) is 0 Å². The molecule has 4 amide bonds. The maximum absolute atomic E-state index is 13.1. The van der Waals surface area contributed by atoms with Gasteiger partial charge in [-0.25, -0.2) is 14.5 Å². The van der Waals surface area contributed by atoms with Crippen molar-refractivity contribution in [1.29, 1.82) is 0 Å². The summed E-state index contributed by atoms with van der Waals surface area (Å²) in [7, 11) is 0. The minimum Gasteiger partial charge on any atom is -0.423 e. The number of barbiturate groups is 1. The maximum atomic E-state index is 13.1. The van der Waals surface area contributed by atoms with Gasteiger partial charge in [-0.1, -0.05) is 41.9 Å². The average Bonchev–Trinajstić information content (AvgIpc) is 2.87. The number of nitrogens with zero attached hydrogens (tertiary/aromatic N) is 2. The number of anilines is 1. The lowest BCUT2D eigenvalue weighted by atomic mass is 10.1. The zero-order chi connectivity index (χ0) is 26.5. The molecule has 1 saturated heterocycles. The van der Waals surface area contributed by atoms with Gasteiger partial charge in [0, 0.05) is 28.8 Å². The Kier molecular flexibility index (Phi) is 7.21. The third-order valence-electron chi connectivity index (χ3n) is 5.11. The Morgan fingerprint density at radius 3 is 2.46 bits per heavy atom. The fraction of sp³-hybridized carbons (Fsp3) is 0. The van der Waals surface area contributed by atoms with Crippen LogP contribution in [0.3, 0.4) is 0 Å². The summed E-state index contributed by atoms with van der Waals surface area (Å²) in [5, 5.41) is 13.4. The van der Waals surface area contributed by atoms with Gasteiger partial charge in [-0.05, 0) is 48.0 Å². The normalized spacial score (nSPS) is 14.7. The molecule has 37 heavy (non-hydrogen) atoms. The quantitative estimate of drug-likeness (QED) is 0.127. The molecule has 11 heteroatoms. The molecular weight excluding hydrogens is 502 g/mol. The Morgan fingerprint density at radius 1 is 1.00 bits per heavy atom. The molecule has 1 aliphatic rings. The fourth-order valence-corrected chi connectivity index (χ4v) is 3.51. The lowest BCUT2D eigenvalue weighted by Gasteiger charge is -2.26. The topological polar surface area (TPSA) is 136 Å². The minimum atomic E-state index is -0.916. The van der Waals surface area contributed by atoms with Gasteiger partial charge in [0.25, 0.3) is 17.5 Å². The van der Waals surface area contributed by atoms with Crippen LogP contribution in [0.4, 0.5) is 16.2 Å². The zero-order valence-corrected chi connectivity index (χ0v) is 19.5. The molecule has 1 aliphatic heterocycles. The number of ether oxygens (including phenoxy) is 1. The van der Waals surface area contributed by atoms with E-state index in [1.807, 2.05) is 0 Å². The minimum absolute atomic E-state index is 0.0410. The molecule has 1 heterocycles. The molecule has 0 atom stereocenters. The average molecular weight is 518 g/mol. The predicted molar refractivity (Wildman–Crippen MR) is 135 cm³/mol. The summed E-state index contributed by atoms with van der Waals surface area (Å²) in [6.45, 7) is 0. The molecule has 184 valence electrons. The van der Waals surface area contributed by atoms with E-state index in [0.717, 1.165) is 11.0 Å². The standard InChI is InChI=1S/C26H16ClN3O7/c27-18-9-11-19(12-10-18)29-25(33)21(24(32)28-26(29)34)15-17-5-1-2-7-22(17)37-23(31)13-8-16-4-3-6-20(14-16)30(35)36/h1-15H,(H,28,32,34)/b13-8+,21-15-. The van der Waals surface area contributed by atoms with Crippen LogP contribution in [-0.2, 0) is 14.4 Å². The van der Waals surface area contributed by atoms with Crippen LogP contribution < -0.4 is 15.0 Å². The van der Waals surface area contributed by atoms with Gasteiger partial charge in [0.1, 0.15) is 11.3 Å². The highest BCUT2D eigenvalue weighted by Gasteiger charge is 2.37. The van der Waals surface area contributed by atoms with Crippen molar-refractivity contribution in [3.8, 4) is 5.75 Å². The summed E-state index contributed by atoms with van der Waals surface area (Å²) in [6, 6.07) is 16.8. The van der Waals surface area contributed by atoms with Crippen LogP contribution in [0.25, 0.3) is 12.2 Å². The van der Waals surface area contributed by atoms with Crippen LogP contribution in [0, 0.1) is 10.1 Å².